The van der Waals surface area contributed by atoms with E-state index in [9.17, 15) is 4.57 Å². The molecule has 0 aliphatic heterocycles. The van der Waals surface area contributed by atoms with Gasteiger partial charge in [-0.3, -0.25) is 4.52 Å². The molecule has 1 atom stereocenters. The van der Waals surface area contributed by atoms with Gasteiger partial charge in [0.1, 0.15) is 5.75 Å². The molecule has 1 aromatic rings. The maximum Gasteiger partial charge on any atom is 0.440 e. The van der Waals surface area contributed by atoms with E-state index in [2.05, 4.69) is 0 Å². The van der Waals surface area contributed by atoms with Crippen LogP contribution >= 0.6 is 29.8 Å². The van der Waals surface area contributed by atoms with Gasteiger partial charge in [-0.25, -0.2) is 4.57 Å². The Bertz CT molecular complexity index is 439. The second-order valence-corrected chi connectivity index (χ2v) is 8.25. The third-order valence-electron chi connectivity index (χ3n) is 2.09. The third-order valence-corrected chi connectivity index (χ3v) is 6.26. The molecule has 6 heteroatoms. The number of hydrogen-bond acceptors (Lipinski definition) is 4. The second kappa shape index (κ2) is 7.44. The van der Waals surface area contributed by atoms with E-state index in [1.54, 1.807) is 25.1 Å². The number of rotatable bonds is 7. The van der Waals surface area contributed by atoms with Crippen molar-refractivity contribution in [3.05, 3.63) is 28.8 Å². The molecule has 0 aromatic heterocycles. The van der Waals surface area contributed by atoms with Crippen LogP contribution in [-0.4, -0.2) is 12.4 Å². The van der Waals surface area contributed by atoms with E-state index in [0.29, 0.717) is 17.4 Å². The summed E-state index contributed by atoms with van der Waals surface area (Å²) in [6.07, 6.45) is 0.921. The minimum Gasteiger partial charge on any atom is -0.417 e. The summed E-state index contributed by atoms with van der Waals surface area (Å²) in [5, 5.41) is 0.632. The van der Waals surface area contributed by atoms with E-state index in [1.807, 2.05) is 13.8 Å². The Balaban J connectivity index is 2.85. The van der Waals surface area contributed by atoms with Gasteiger partial charge in [-0.1, -0.05) is 18.5 Å². The predicted octanol–water partition coefficient (Wildman–Crippen LogP) is 5.32. The molecule has 0 bridgehead atoms. The molecule has 0 N–H and O–H groups in total. The fraction of sp³-hybridized carbons (Fsp3) is 0.500. The van der Waals surface area contributed by atoms with Crippen LogP contribution in [0.2, 0.25) is 5.02 Å². The molecule has 0 aliphatic rings. The molecule has 3 nitrogen and oxygen atoms in total. The average Bonchev–Trinajstić information content (AvgIpc) is 2.31. The molecule has 0 saturated carbocycles. The lowest BCUT2D eigenvalue weighted by atomic mass is 10.2. The van der Waals surface area contributed by atoms with Crippen LogP contribution in [0, 0.1) is 6.92 Å². The highest BCUT2D eigenvalue weighted by atomic mass is 35.5. The van der Waals surface area contributed by atoms with Gasteiger partial charge in [0.15, 0.2) is 0 Å². The summed E-state index contributed by atoms with van der Waals surface area (Å²) in [6.45, 7) is 2.93. The van der Waals surface area contributed by atoms with Crippen molar-refractivity contribution >= 4 is 29.8 Å². The molecule has 0 heterocycles. The van der Waals surface area contributed by atoms with E-state index in [0.717, 1.165) is 17.7 Å². The lowest BCUT2D eigenvalue weighted by molar-refractivity contribution is 0.295. The largest absolute Gasteiger partial charge is 0.440 e. The smallest absolute Gasteiger partial charge is 0.417 e. The van der Waals surface area contributed by atoms with Crippen LogP contribution in [0.15, 0.2) is 18.2 Å². The van der Waals surface area contributed by atoms with Crippen LogP contribution in [-0.2, 0) is 9.09 Å². The maximum atomic E-state index is 12.5. The monoisotopic (exact) mass is 308 g/mol. The summed E-state index contributed by atoms with van der Waals surface area (Å²) in [5.74, 6) is 1.30. The van der Waals surface area contributed by atoms with Crippen LogP contribution in [0.4, 0.5) is 0 Å². The quantitative estimate of drug-likeness (QED) is 0.639. The molecule has 0 aliphatic carbocycles. The van der Waals surface area contributed by atoms with Crippen molar-refractivity contribution in [1.29, 1.82) is 0 Å². The number of hydrogen-bond donors (Lipinski definition) is 0. The van der Waals surface area contributed by atoms with Crippen molar-refractivity contribution in [2.75, 3.05) is 12.4 Å². The van der Waals surface area contributed by atoms with E-state index in [4.69, 9.17) is 20.6 Å². The lowest BCUT2D eigenvalue weighted by Crippen LogP contribution is -1.97. The van der Waals surface area contributed by atoms with Crippen molar-refractivity contribution in [3.63, 3.8) is 0 Å². The normalized spacial score (nSPS) is 14.2. The highest BCUT2D eigenvalue weighted by molar-refractivity contribution is 8.55. The van der Waals surface area contributed by atoms with Crippen molar-refractivity contribution in [2.24, 2.45) is 0 Å². The Morgan fingerprint density at radius 3 is 2.67 bits per heavy atom. The highest BCUT2D eigenvalue weighted by Crippen LogP contribution is 2.60. The minimum absolute atomic E-state index is 0.362. The van der Waals surface area contributed by atoms with Gasteiger partial charge in [0, 0.05) is 10.8 Å². The molecular weight excluding hydrogens is 291 g/mol. The lowest BCUT2D eigenvalue weighted by Gasteiger charge is -2.18. The molecule has 102 valence electrons. The first kappa shape index (κ1) is 15.9. The average molecular weight is 309 g/mol. The SMILES string of the molecule is CCCSP(=O)(OCC)Oc1ccc(Cl)cc1C. The molecule has 0 fully saturated rings. The Labute approximate surface area is 117 Å². The standard InChI is InChI=1S/C12H18ClO3PS/c1-4-8-18-17(14,15-5-2)16-12-7-6-11(13)9-10(12)3/h6-7,9H,4-5,8H2,1-3H3. The zero-order valence-electron chi connectivity index (χ0n) is 10.8. The van der Waals surface area contributed by atoms with Crippen molar-refractivity contribution < 1.29 is 13.6 Å². The van der Waals surface area contributed by atoms with Crippen LogP contribution in [0.3, 0.4) is 0 Å². The Hall–Kier alpha value is -0.150. The molecule has 1 aromatic carbocycles. The van der Waals surface area contributed by atoms with Crippen LogP contribution < -0.4 is 4.52 Å². The third kappa shape index (κ3) is 4.85. The Kier molecular flexibility index (Phi) is 6.58. The van der Waals surface area contributed by atoms with Gasteiger partial charge in [-0.15, -0.1) is 0 Å². The number of aryl methyl sites for hydroxylation is 1. The van der Waals surface area contributed by atoms with Gasteiger partial charge in [-0.05, 0) is 55.4 Å². The van der Waals surface area contributed by atoms with E-state index in [-0.39, 0.29) is 0 Å². The van der Waals surface area contributed by atoms with Crippen molar-refractivity contribution in [1.82, 2.24) is 0 Å². The molecule has 1 rings (SSSR count). The van der Waals surface area contributed by atoms with Crippen LogP contribution in [0.1, 0.15) is 25.8 Å². The maximum absolute atomic E-state index is 12.5. The van der Waals surface area contributed by atoms with Gasteiger partial charge in [-0.2, -0.15) is 0 Å². The van der Waals surface area contributed by atoms with Crippen molar-refractivity contribution in [2.45, 2.75) is 27.2 Å². The fourth-order valence-electron chi connectivity index (χ4n) is 1.29. The Morgan fingerprint density at radius 2 is 2.11 bits per heavy atom. The molecular formula is C12H18ClO3PS. The number of halogens is 1. The molecule has 0 radical (unpaired) electrons. The van der Waals surface area contributed by atoms with Gasteiger partial charge >= 0.3 is 6.80 Å². The molecule has 0 spiro atoms. The van der Waals surface area contributed by atoms with E-state index >= 15 is 0 Å². The number of benzene rings is 1. The van der Waals surface area contributed by atoms with Gasteiger partial charge in [0.25, 0.3) is 0 Å². The van der Waals surface area contributed by atoms with Crippen LogP contribution in [0.5, 0.6) is 5.75 Å². The zero-order chi connectivity index (χ0) is 13.6. The van der Waals surface area contributed by atoms with E-state index in [1.165, 1.54) is 11.4 Å². The Morgan fingerprint density at radius 1 is 1.39 bits per heavy atom. The summed E-state index contributed by atoms with van der Waals surface area (Å²) in [7, 11) is 0. The molecule has 0 saturated heterocycles. The topological polar surface area (TPSA) is 35.5 Å². The predicted molar refractivity (Wildman–Crippen MR) is 78.8 cm³/mol. The molecule has 18 heavy (non-hydrogen) atoms. The summed E-state index contributed by atoms with van der Waals surface area (Å²) in [4.78, 5) is 0. The second-order valence-electron chi connectivity index (χ2n) is 3.70. The minimum atomic E-state index is -3.13. The molecule has 1 unspecified atom stereocenters. The van der Waals surface area contributed by atoms with Gasteiger partial charge in [0.05, 0.1) is 6.61 Å². The summed E-state index contributed by atoms with van der Waals surface area (Å²) in [6, 6.07) is 5.21. The highest BCUT2D eigenvalue weighted by Gasteiger charge is 2.27. The van der Waals surface area contributed by atoms with Crippen LogP contribution in [0.25, 0.3) is 0 Å². The zero-order valence-corrected chi connectivity index (χ0v) is 13.3. The van der Waals surface area contributed by atoms with Crippen molar-refractivity contribution in [3.8, 4) is 5.75 Å². The first-order valence-electron chi connectivity index (χ1n) is 5.85. The summed E-state index contributed by atoms with van der Waals surface area (Å²) >= 11 is 7.11. The van der Waals surface area contributed by atoms with Gasteiger partial charge < -0.3 is 4.52 Å². The fourth-order valence-corrected chi connectivity index (χ4v) is 5.02. The summed E-state index contributed by atoms with van der Waals surface area (Å²) in [5.41, 5.74) is 0.847. The van der Waals surface area contributed by atoms with Gasteiger partial charge in [0.2, 0.25) is 0 Å². The van der Waals surface area contributed by atoms with E-state index < -0.39 is 6.80 Å². The first-order chi connectivity index (χ1) is 8.50. The summed E-state index contributed by atoms with van der Waals surface area (Å²) < 4.78 is 23.3. The first-order valence-corrected chi connectivity index (χ1v) is 9.36. The molecule has 0 amide bonds.